The zero-order chi connectivity index (χ0) is 13.4. The van der Waals surface area contributed by atoms with Crippen molar-refractivity contribution in [3.05, 3.63) is 29.3 Å². The smallest absolute Gasteiger partial charge is 0.126 e. The zero-order valence-corrected chi connectivity index (χ0v) is 11.7. The van der Waals surface area contributed by atoms with Crippen molar-refractivity contribution in [1.29, 1.82) is 0 Å². The van der Waals surface area contributed by atoms with Crippen LogP contribution in [0.5, 0.6) is 11.5 Å². The minimum absolute atomic E-state index is 0.844. The van der Waals surface area contributed by atoms with E-state index >= 15 is 0 Å². The molecule has 0 aliphatic carbocycles. The molecular weight excluding hydrogens is 226 g/mol. The average molecular weight is 249 g/mol. The van der Waals surface area contributed by atoms with Crippen LogP contribution in [0.1, 0.15) is 25.8 Å². The molecule has 0 aliphatic heterocycles. The van der Waals surface area contributed by atoms with E-state index < -0.39 is 0 Å². The second-order valence-electron chi connectivity index (χ2n) is 4.28. The Balaban J connectivity index is 2.82. The van der Waals surface area contributed by atoms with Gasteiger partial charge in [-0.25, -0.2) is 0 Å². The van der Waals surface area contributed by atoms with Gasteiger partial charge in [0.25, 0.3) is 0 Å². The van der Waals surface area contributed by atoms with Gasteiger partial charge in [0.05, 0.1) is 14.2 Å². The first-order valence-corrected chi connectivity index (χ1v) is 6.31. The molecule has 1 aromatic carbocycles. The first kappa shape index (κ1) is 14.6. The molecule has 0 spiro atoms. The number of hydrogen-bond acceptors (Lipinski definition) is 3. The molecule has 0 atom stereocenters. The fourth-order valence-corrected chi connectivity index (χ4v) is 1.73. The molecule has 0 aliphatic rings. The molecule has 0 fully saturated rings. The Hall–Kier alpha value is -1.48. The number of methoxy groups -OCH3 is 2. The van der Waals surface area contributed by atoms with Gasteiger partial charge in [-0.2, -0.15) is 0 Å². The summed E-state index contributed by atoms with van der Waals surface area (Å²) < 4.78 is 10.6. The van der Waals surface area contributed by atoms with Gasteiger partial charge in [-0.15, -0.1) is 0 Å². The third-order valence-electron chi connectivity index (χ3n) is 2.67. The lowest BCUT2D eigenvalue weighted by atomic mass is 10.1. The highest BCUT2D eigenvalue weighted by Crippen LogP contribution is 2.25. The van der Waals surface area contributed by atoms with E-state index in [-0.39, 0.29) is 0 Å². The van der Waals surface area contributed by atoms with E-state index in [1.807, 2.05) is 18.2 Å². The number of hydrogen-bond donors (Lipinski definition) is 1. The van der Waals surface area contributed by atoms with Crippen molar-refractivity contribution < 1.29 is 9.47 Å². The van der Waals surface area contributed by atoms with Crippen molar-refractivity contribution in [3.8, 4) is 11.5 Å². The number of ether oxygens (including phenoxy) is 2. The van der Waals surface area contributed by atoms with Crippen LogP contribution in [-0.2, 0) is 0 Å². The van der Waals surface area contributed by atoms with Gasteiger partial charge in [0, 0.05) is 12.1 Å². The topological polar surface area (TPSA) is 30.5 Å². The van der Waals surface area contributed by atoms with Crippen LogP contribution in [0, 0.1) is 0 Å². The Morgan fingerprint density at radius 2 is 2.06 bits per heavy atom. The van der Waals surface area contributed by atoms with Gasteiger partial charge < -0.3 is 14.8 Å². The first-order valence-electron chi connectivity index (χ1n) is 6.31. The molecule has 0 saturated carbocycles. The van der Waals surface area contributed by atoms with Crippen LogP contribution in [0.4, 0.5) is 0 Å². The third kappa shape index (κ3) is 4.41. The van der Waals surface area contributed by atoms with E-state index in [4.69, 9.17) is 9.47 Å². The predicted octanol–water partition coefficient (Wildman–Crippen LogP) is 3.11. The second kappa shape index (κ2) is 7.77. The fourth-order valence-electron chi connectivity index (χ4n) is 1.73. The fraction of sp³-hybridized carbons (Fsp3) is 0.467. The van der Waals surface area contributed by atoms with Gasteiger partial charge in [0.15, 0.2) is 0 Å². The molecule has 1 N–H and O–H groups in total. The van der Waals surface area contributed by atoms with Crippen molar-refractivity contribution in [2.45, 2.75) is 20.3 Å². The first-order chi connectivity index (χ1) is 8.71. The third-order valence-corrected chi connectivity index (χ3v) is 2.67. The van der Waals surface area contributed by atoms with Crippen molar-refractivity contribution in [1.82, 2.24) is 5.32 Å². The van der Waals surface area contributed by atoms with Crippen molar-refractivity contribution in [3.63, 3.8) is 0 Å². The summed E-state index contributed by atoms with van der Waals surface area (Å²) >= 11 is 0. The lowest BCUT2D eigenvalue weighted by Gasteiger charge is -2.09. The van der Waals surface area contributed by atoms with Crippen LogP contribution < -0.4 is 14.8 Å². The van der Waals surface area contributed by atoms with E-state index in [0.29, 0.717) is 0 Å². The maximum absolute atomic E-state index is 5.35. The van der Waals surface area contributed by atoms with Gasteiger partial charge in [0.2, 0.25) is 0 Å². The summed E-state index contributed by atoms with van der Waals surface area (Å²) in [7, 11) is 3.36. The summed E-state index contributed by atoms with van der Waals surface area (Å²) in [6.07, 6.45) is 3.28. The molecule has 18 heavy (non-hydrogen) atoms. The Morgan fingerprint density at radius 3 is 2.67 bits per heavy atom. The van der Waals surface area contributed by atoms with Gasteiger partial charge in [-0.1, -0.05) is 18.6 Å². The molecule has 0 saturated heterocycles. The molecule has 3 nitrogen and oxygen atoms in total. The highest BCUT2D eigenvalue weighted by atomic mass is 16.5. The minimum atomic E-state index is 0.844. The van der Waals surface area contributed by atoms with Crippen LogP contribution >= 0.6 is 0 Å². The standard InChI is InChI=1S/C15H23NO2/c1-5-8-16-11-12(2)9-13-10-14(17-3)6-7-15(13)18-4/h6-7,9-10,16H,5,8,11H2,1-4H3. The monoisotopic (exact) mass is 249 g/mol. The van der Waals surface area contributed by atoms with Gasteiger partial charge in [0.1, 0.15) is 11.5 Å². The molecule has 0 aromatic heterocycles. The molecule has 0 radical (unpaired) electrons. The van der Waals surface area contributed by atoms with Crippen LogP contribution in [0.25, 0.3) is 6.08 Å². The molecule has 100 valence electrons. The summed E-state index contributed by atoms with van der Waals surface area (Å²) in [4.78, 5) is 0. The molecule has 3 heteroatoms. The largest absolute Gasteiger partial charge is 0.497 e. The maximum atomic E-state index is 5.35. The summed E-state index contributed by atoms with van der Waals surface area (Å²) in [5, 5.41) is 3.38. The molecule has 1 rings (SSSR count). The number of benzene rings is 1. The molecule has 0 unspecified atom stereocenters. The summed E-state index contributed by atoms with van der Waals surface area (Å²) in [6.45, 7) is 6.22. The Morgan fingerprint density at radius 1 is 1.28 bits per heavy atom. The molecule has 1 aromatic rings. The van der Waals surface area contributed by atoms with Crippen molar-refractivity contribution >= 4 is 6.08 Å². The minimum Gasteiger partial charge on any atom is -0.497 e. The summed E-state index contributed by atoms with van der Waals surface area (Å²) in [6, 6.07) is 5.82. The van der Waals surface area contributed by atoms with E-state index in [0.717, 1.165) is 36.6 Å². The Bertz CT molecular complexity index is 399. The average Bonchev–Trinajstić information content (AvgIpc) is 2.39. The molecule has 0 bridgehead atoms. The Kier molecular flexibility index (Phi) is 6.29. The van der Waals surface area contributed by atoms with Gasteiger partial charge in [-0.3, -0.25) is 0 Å². The van der Waals surface area contributed by atoms with Crippen LogP contribution in [0.2, 0.25) is 0 Å². The number of nitrogens with one attached hydrogen (secondary N) is 1. The van der Waals surface area contributed by atoms with E-state index in [9.17, 15) is 0 Å². The van der Waals surface area contributed by atoms with Crippen molar-refractivity contribution in [2.75, 3.05) is 27.3 Å². The van der Waals surface area contributed by atoms with Gasteiger partial charge in [-0.05, 0) is 38.1 Å². The summed E-state index contributed by atoms with van der Waals surface area (Å²) in [5.74, 6) is 1.71. The zero-order valence-electron chi connectivity index (χ0n) is 11.7. The predicted molar refractivity (Wildman–Crippen MR) is 76.4 cm³/mol. The molecule has 0 heterocycles. The van der Waals surface area contributed by atoms with Crippen molar-refractivity contribution in [2.24, 2.45) is 0 Å². The van der Waals surface area contributed by atoms with E-state index in [1.54, 1.807) is 14.2 Å². The lowest BCUT2D eigenvalue weighted by molar-refractivity contribution is 0.402. The van der Waals surface area contributed by atoms with Gasteiger partial charge >= 0.3 is 0 Å². The summed E-state index contributed by atoms with van der Waals surface area (Å²) in [5.41, 5.74) is 2.32. The normalized spacial score (nSPS) is 11.4. The molecular formula is C15H23NO2. The second-order valence-corrected chi connectivity index (χ2v) is 4.28. The van der Waals surface area contributed by atoms with E-state index in [1.165, 1.54) is 5.57 Å². The number of rotatable bonds is 7. The van der Waals surface area contributed by atoms with E-state index in [2.05, 4.69) is 25.2 Å². The lowest BCUT2D eigenvalue weighted by Crippen LogP contribution is -2.16. The van der Waals surface area contributed by atoms with Crippen LogP contribution in [-0.4, -0.2) is 27.3 Å². The molecule has 0 amide bonds. The van der Waals surface area contributed by atoms with Crippen LogP contribution in [0.3, 0.4) is 0 Å². The highest BCUT2D eigenvalue weighted by molar-refractivity contribution is 5.61. The van der Waals surface area contributed by atoms with Crippen LogP contribution in [0.15, 0.2) is 23.8 Å². The highest BCUT2D eigenvalue weighted by Gasteiger charge is 2.03. The maximum Gasteiger partial charge on any atom is 0.126 e. The Labute approximate surface area is 110 Å². The SMILES string of the molecule is CCCNCC(C)=Cc1cc(OC)ccc1OC. The quantitative estimate of drug-likeness (QED) is 0.753.